The van der Waals surface area contributed by atoms with Crippen LogP contribution in [-0.2, 0) is 4.74 Å². The molecule has 5 heteroatoms. The Balaban J connectivity index is 1.90. The molecule has 0 N–H and O–H groups in total. The van der Waals surface area contributed by atoms with Crippen molar-refractivity contribution in [3.05, 3.63) is 113 Å². The van der Waals surface area contributed by atoms with Gasteiger partial charge in [-0.15, -0.1) is 0 Å². The number of pyridine rings is 1. The van der Waals surface area contributed by atoms with E-state index in [0.717, 1.165) is 0 Å². The van der Waals surface area contributed by atoms with Crippen LogP contribution in [-0.4, -0.2) is 29.1 Å². The van der Waals surface area contributed by atoms with E-state index in [1.807, 2.05) is 12.1 Å². The van der Waals surface area contributed by atoms with Crippen LogP contribution >= 0.6 is 0 Å². The number of aromatic nitrogens is 1. The first kappa shape index (κ1) is 20.2. The lowest BCUT2D eigenvalue weighted by atomic mass is 9.95. The topological polar surface area (TPSA) is 73.3 Å². The second kappa shape index (κ2) is 8.71. The predicted octanol–water partition coefficient (Wildman–Crippen LogP) is 4.87. The first-order valence-corrected chi connectivity index (χ1v) is 9.90. The van der Waals surface area contributed by atoms with Gasteiger partial charge in [0.25, 0.3) is 0 Å². The summed E-state index contributed by atoms with van der Waals surface area (Å²) in [4.78, 5) is 43.1. The van der Waals surface area contributed by atoms with E-state index in [-0.39, 0.29) is 29.4 Å². The Morgan fingerprint density at radius 1 is 0.742 bits per heavy atom. The van der Waals surface area contributed by atoms with Crippen molar-refractivity contribution < 1.29 is 19.1 Å². The summed E-state index contributed by atoms with van der Waals surface area (Å²) in [5.41, 5.74) is 2.03. The van der Waals surface area contributed by atoms with Crippen LogP contribution in [0.25, 0.3) is 10.9 Å². The van der Waals surface area contributed by atoms with Crippen molar-refractivity contribution in [2.24, 2.45) is 0 Å². The molecule has 1 aromatic heterocycles. The highest BCUT2D eigenvalue weighted by Crippen LogP contribution is 2.23. The monoisotopic (exact) mass is 409 g/mol. The second-order valence-electron chi connectivity index (χ2n) is 6.90. The molecule has 4 aromatic rings. The molecule has 0 atom stereocenters. The fourth-order valence-corrected chi connectivity index (χ4v) is 3.34. The van der Waals surface area contributed by atoms with E-state index in [1.165, 1.54) is 0 Å². The van der Waals surface area contributed by atoms with E-state index >= 15 is 0 Å². The standard InChI is InChI=1S/C26H19NO4/c1-2-31-26(30)19-13-14-22-20(15-19)16-21(24(28)17-9-5-3-6-10-17)23(27-22)25(29)18-11-7-4-8-12-18/h3-16H,2H2,1H3. The van der Waals surface area contributed by atoms with Gasteiger partial charge in [0, 0.05) is 16.5 Å². The molecule has 5 nitrogen and oxygen atoms in total. The molecule has 3 aromatic carbocycles. The average Bonchev–Trinajstić information content (AvgIpc) is 2.83. The maximum atomic E-state index is 13.3. The molecule has 0 aliphatic carbocycles. The zero-order valence-electron chi connectivity index (χ0n) is 16.9. The first-order chi connectivity index (χ1) is 15.1. The number of hydrogen-bond donors (Lipinski definition) is 0. The number of benzene rings is 3. The zero-order chi connectivity index (χ0) is 21.8. The fraction of sp³-hybridized carbons (Fsp3) is 0.0769. The number of carbonyl (C=O) groups is 3. The molecular formula is C26H19NO4. The summed E-state index contributed by atoms with van der Waals surface area (Å²) < 4.78 is 5.06. The molecule has 0 radical (unpaired) electrons. The summed E-state index contributed by atoms with van der Waals surface area (Å²) >= 11 is 0. The van der Waals surface area contributed by atoms with Crippen LogP contribution in [0.4, 0.5) is 0 Å². The fourth-order valence-electron chi connectivity index (χ4n) is 3.34. The molecule has 31 heavy (non-hydrogen) atoms. The van der Waals surface area contributed by atoms with Crippen molar-refractivity contribution in [3.63, 3.8) is 0 Å². The van der Waals surface area contributed by atoms with Gasteiger partial charge >= 0.3 is 5.97 Å². The van der Waals surface area contributed by atoms with Gasteiger partial charge in [-0.3, -0.25) is 9.59 Å². The van der Waals surface area contributed by atoms with E-state index in [2.05, 4.69) is 4.98 Å². The van der Waals surface area contributed by atoms with E-state index in [0.29, 0.717) is 27.6 Å². The van der Waals surface area contributed by atoms with E-state index in [1.54, 1.807) is 79.7 Å². The summed E-state index contributed by atoms with van der Waals surface area (Å²) in [6.07, 6.45) is 0. The molecule has 1 heterocycles. The highest BCUT2D eigenvalue weighted by Gasteiger charge is 2.22. The maximum absolute atomic E-state index is 13.3. The van der Waals surface area contributed by atoms with Crippen molar-refractivity contribution in [2.75, 3.05) is 6.61 Å². The van der Waals surface area contributed by atoms with E-state index in [9.17, 15) is 14.4 Å². The minimum Gasteiger partial charge on any atom is -0.462 e. The van der Waals surface area contributed by atoms with Crippen LogP contribution in [0, 0.1) is 0 Å². The molecule has 0 saturated carbocycles. The van der Waals surface area contributed by atoms with Crippen LogP contribution in [0.3, 0.4) is 0 Å². The van der Waals surface area contributed by atoms with Gasteiger partial charge in [-0.05, 0) is 31.2 Å². The number of ketones is 2. The highest BCUT2D eigenvalue weighted by atomic mass is 16.5. The minimum atomic E-state index is -0.454. The molecule has 0 spiro atoms. The summed E-state index contributed by atoms with van der Waals surface area (Å²) in [6, 6.07) is 23.9. The number of ether oxygens (including phenoxy) is 1. The van der Waals surface area contributed by atoms with Crippen LogP contribution in [0.15, 0.2) is 84.9 Å². The first-order valence-electron chi connectivity index (χ1n) is 9.90. The van der Waals surface area contributed by atoms with Gasteiger partial charge in [-0.1, -0.05) is 60.7 Å². The van der Waals surface area contributed by atoms with Crippen molar-refractivity contribution in [1.82, 2.24) is 4.98 Å². The number of nitrogens with zero attached hydrogens (tertiary/aromatic N) is 1. The number of fused-ring (bicyclic) bond motifs is 1. The smallest absolute Gasteiger partial charge is 0.338 e. The SMILES string of the molecule is CCOC(=O)c1ccc2nc(C(=O)c3ccccc3)c(C(=O)c3ccccc3)cc2c1. The van der Waals surface area contributed by atoms with Crippen LogP contribution < -0.4 is 0 Å². The van der Waals surface area contributed by atoms with E-state index < -0.39 is 5.97 Å². The number of esters is 1. The highest BCUT2D eigenvalue weighted by molar-refractivity contribution is 6.20. The largest absolute Gasteiger partial charge is 0.462 e. The molecule has 4 rings (SSSR count). The molecule has 0 bridgehead atoms. The minimum absolute atomic E-state index is 0.0800. The molecule has 0 fully saturated rings. The molecule has 0 aliphatic heterocycles. The molecule has 0 aliphatic rings. The second-order valence-corrected chi connectivity index (χ2v) is 6.90. The predicted molar refractivity (Wildman–Crippen MR) is 117 cm³/mol. The van der Waals surface area contributed by atoms with Crippen molar-refractivity contribution in [1.29, 1.82) is 0 Å². The molecule has 152 valence electrons. The molecule has 0 unspecified atom stereocenters. The Kier molecular flexibility index (Phi) is 5.67. The maximum Gasteiger partial charge on any atom is 0.338 e. The third kappa shape index (κ3) is 4.12. The summed E-state index contributed by atoms with van der Waals surface area (Å²) in [5, 5.41) is 0.578. The van der Waals surface area contributed by atoms with Gasteiger partial charge in [0.15, 0.2) is 5.78 Å². The Morgan fingerprint density at radius 2 is 1.35 bits per heavy atom. The van der Waals surface area contributed by atoms with Gasteiger partial charge in [-0.25, -0.2) is 9.78 Å². The Morgan fingerprint density at radius 3 is 1.97 bits per heavy atom. The zero-order valence-corrected chi connectivity index (χ0v) is 16.9. The summed E-state index contributed by atoms with van der Waals surface area (Å²) in [6.45, 7) is 2.00. The van der Waals surface area contributed by atoms with Crippen molar-refractivity contribution in [3.8, 4) is 0 Å². The quantitative estimate of drug-likeness (QED) is 0.335. The van der Waals surface area contributed by atoms with Gasteiger partial charge in [0.2, 0.25) is 5.78 Å². The molecule has 0 saturated heterocycles. The Labute approximate surface area is 179 Å². The molecular weight excluding hydrogens is 390 g/mol. The summed E-state index contributed by atoms with van der Waals surface area (Å²) in [7, 11) is 0. The normalized spacial score (nSPS) is 10.6. The Hall–Kier alpha value is -4.12. The van der Waals surface area contributed by atoms with E-state index in [4.69, 9.17) is 4.74 Å². The average molecular weight is 409 g/mol. The number of rotatable bonds is 6. The van der Waals surface area contributed by atoms with Gasteiger partial charge in [0.05, 0.1) is 23.3 Å². The van der Waals surface area contributed by atoms with Crippen LogP contribution in [0.1, 0.15) is 49.3 Å². The number of hydrogen-bond acceptors (Lipinski definition) is 5. The van der Waals surface area contributed by atoms with Gasteiger partial charge < -0.3 is 4.74 Å². The number of carbonyl (C=O) groups excluding carboxylic acids is 3. The third-order valence-corrected chi connectivity index (χ3v) is 4.86. The van der Waals surface area contributed by atoms with Crippen molar-refractivity contribution in [2.45, 2.75) is 6.92 Å². The lowest BCUT2D eigenvalue weighted by Crippen LogP contribution is -2.14. The van der Waals surface area contributed by atoms with Crippen LogP contribution in [0.2, 0.25) is 0 Å². The van der Waals surface area contributed by atoms with Gasteiger partial charge in [-0.2, -0.15) is 0 Å². The third-order valence-electron chi connectivity index (χ3n) is 4.86. The molecule has 0 amide bonds. The van der Waals surface area contributed by atoms with Crippen molar-refractivity contribution >= 4 is 28.4 Å². The van der Waals surface area contributed by atoms with Crippen LogP contribution in [0.5, 0.6) is 0 Å². The summed E-state index contributed by atoms with van der Waals surface area (Å²) in [5.74, 6) is -1.10. The Bertz CT molecular complexity index is 1280. The lowest BCUT2D eigenvalue weighted by Gasteiger charge is -2.11. The lowest BCUT2D eigenvalue weighted by molar-refractivity contribution is 0.0526. The van der Waals surface area contributed by atoms with Gasteiger partial charge in [0.1, 0.15) is 5.69 Å².